The average Bonchev–Trinajstić information content (AvgIpc) is 2.28. The molecule has 19 heavy (non-hydrogen) atoms. The Morgan fingerprint density at radius 3 is 2.68 bits per heavy atom. The Morgan fingerprint density at radius 1 is 1.53 bits per heavy atom. The maximum Gasteiger partial charge on any atom is 0.318 e. The van der Waals surface area contributed by atoms with Crippen molar-refractivity contribution in [3.63, 3.8) is 0 Å². The molecule has 1 rings (SSSR count). The SMILES string of the molecule is CCN(C(=O)N[C@H]1C=CCCC1)[C@H](C)CS(C)(=O)=O. The molecule has 0 heterocycles. The molecule has 0 aromatic rings. The average molecular weight is 288 g/mol. The highest BCUT2D eigenvalue weighted by Gasteiger charge is 2.23. The van der Waals surface area contributed by atoms with E-state index in [-0.39, 0.29) is 23.9 Å². The summed E-state index contributed by atoms with van der Waals surface area (Å²) in [5.74, 6) is -0.00519. The first-order valence-electron chi connectivity index (χ1n) is 6.75. The molecule has 0 radical (unpaired) electrons. The minimum Gasteiger partial charge on any atom is -0.332 e. The van der Waals surface area contributed by atoms with Crippen LogP contribution in [-0.2, 0) is 9.84 Å². The molecule has 0 spiro atoms. The minimum absolute atomic E-state index is 0.00519. The third kappa shape index (κ3) is 5.63. The van der Waals surface area contributed by atoms with Crippen molar-refractivity contribution in [3.05, 3.63) is 12.2 Å². The number of carbonyl (C=O) groups is 1. The van der Waals surface area contributed by atoms with E-state index in [0.29, 0.717) is 6.54 Å². The number of amides is 2. The third-order valence-corrected chi connectivity index (χ3v) is 4.33. The molecule has 0 bridgehead atoms. The van der Waals surface area contributed by atoms with Crippen molar-refractivity contribution in [2.75, 3.05) is 18.6 Å². The van der Waals surface area contributed by atoms with Gasteiger partial charge in [-0.25, -0.2) is 13.2 Å². The van der Waals surface area contributed by atoms with Gasteiger partial charge < -0.3 is 10.2 Å². The first kappa shape index (κ1) is 16.0. The molecular formula is C13H24N2O3S. The van der Waals surface area contributed by atoms with E-state index in [2.05, 4.69) is 11.4 Å². The van der Waals surface area contributed by atoms with Crippen LogP contribution in [0, 0.1) is 0 Å². The summed E-state index contributed by atoms with van der Waals surface area (Å²) < 4.78 is 22.6. The van der Waals surface area contributed by atoms with E-state index >= 15 is 0 Å². The summed E-state index contributed by atoms with van der Waals surface area (Å²) in [5.41, 5.74) is 0. The van der Waals surface area contributed by atoms with E-state index < -0.39 is 9.84 Å². The van der Waals surface area contributed by atoms with Crippen molar-refractivity contribution < 1.29 is 13.2 Å². The summed E-state index contributed by atoms with van der Waals surface area (Å²) in [6, 6.07) is -0.427. The molecule has 0 fully saturated rings. The fourth-order valence-corrected chi connectivity index (χ4v) is 3.41. The second kappa shape index (κ2) is 6.93. The molecule has 0 aromatic heterocycles. The fraction of sp³-hybridized carbons (Fsp3) is 0.769. The van der Waals surface area contributed by atoms with Gasteiger partial charge in [0.05, 0.1) is 5.75 Å². The lowest BCUT2D eigenvalue weighted by Crippen LogP contribution is -2.50. The summed E-state index contributed by atoms with van der Waals surface area (Å²) >= 11 is 0. The lowest BCUT2D eigenvalue weighted by molar-refractivity contribution is 0.184. The lowest BCUT2D eigenvalue weighted by Gasteiger charge is -2.30. The third-order valence-electron chi connectivity index (χ3n) is 3.24. The van der Waals surface area contributed by atoms with E-state index in [1.807, 2.05) is 13.0 Å². The molecule has 1 N–H and O–H groups in total. The molecule has 0 aliphatic heterocycles. The Hall–Kier alpha value is -1.04. The molecule has 1 aliphatic carbocycles. The van der Waals surface area contributed by atoms with Crippen LogP contribution in [0.3, 0.4) is 0 Å². The van der Waals surface area contributed by atoms with Crippen LogP contribution in [0.5, 0.6) is 0 Å². The van der Waals surface area contributed by atoms with Crippen LogP contribution in [0.2, 0.25) is 0 Å². The number of allylic oxidation sites excluding steroid dienone is 1. The molecule has 0 unspecified atom stereocenters. The van der Waals surface area contributed by atoms with E-state index in [4.69, 9.17) is 0 Å². The number of carbonyl (C=O) groups excluding carboxylic acids is 1. The molecule has 2 atom stereocenters. The summed E-state index contributed by atoms with van der Waals surface area (Å²) in [7, 11) is -3.08. The lowest BCUT2D eigenvalue weighted by atomic mass is 10.0. The van der Waals surface area contributed by atoms with Crippen LogP contribution in [0.4, 0.5) is 4.79 Å². The zero-order valence-corrected chi connectivity index (χ0v) is 12.7. The molecule has 2 amide bonds. The van der Waals surface area contributed by atoms with E-state index in [9.17, 15) is 13.2 Å². The van der Waals surface area contributed by atoms with Crippen molar-refractivity contribution in [3.8, 4) is 0 Å². The van der Waals surface area contributed by atoms with E-state index in [1.54, 1.807) is 11.8 Å². The van der Waals surface area contributed by atoms with Crippen LogP contribution in [0.25, 0.3) is 0 Å². The summed E-state index contributed by atoms with van der Waals surface area (Å²) in [4.78, 5) is 13.7. The predicted octanol–water partition coefficient (Wildman–Crippen LogP) is 1.56. The van der Waals surface area contributed by atoms with E-state index in [1.165, 1.54) is 6.26 Å². The van der Waals surface area contributed by atoms with Crippen LogP contribution >= 0.6 is 0 Å². The fourth-order valence-electron chi connectivity index (χ4n) is 2.36. The topological polar surface area (TPSA) is 66.5 Å². The van der Waals surface area contributed by atoms with Gasteiger partial charge in [-0.1, -0.05) is 12.2 Å². The summed E-state index contributed by atoms with van der Waals surface area (Å²) in [6.07, 6.45) is 8.36. The molecular weight excluding hydrogens is 264 g/mol. The van der Waals surface area contributed by atoms with Gasteiger partial charge in [-0.05, 0) is 33.1 Å². The van der Waals surface area contributed by atoms with Gasteiger partial charge in [-0.3, -0.25) is 0 Å². The van der Waals surface area contributed by atoms with Gasteiger partial charge in [-0.15, -0.1) is 0 Å². The van der Waals surface area contributed by atoms with Crippen molar-refractivity contribution in [1.82, 2.24) is 10.2 Å². The summed E-state index contributed by atoms with van der Waals surface area (Å²) in [6.45, 7) is 4.12. The second-order valence-corrected chi connectivity index (χ2v) is 7.33. The smallest absolute Gasteiger partial charge is 0.318 e. The standard InChI is InChI=1S/C13H24N2O3S/c1-4-15(11(2)10-19(3,17)18)13(16)14-12-8-6-5-7-9-12/h6,8,11-12H,4-5,7,9-10H2,1-3H3,(H,14,16)/t11-,12+/m1/s1. The number of hydrogen-bond acceptors (Lipinski definition) is 3. The van der Waals surface area contributed by atoms with Gasteiger partial charge in [0.15, 0.2) is 0 Å². The van der Waals surface area contributed by atoms with Crippen molar-refractivity contribution in [2.45, 2.75) is 45.2 Å². The van der Waals surface area contributed by atoms with Crippen molar-refractivity contribution in [1.29, 1.82) is 0 Å². The minimum atomic E-state index is -3.08. The van der Waals surface area contributed by atoms with Gasteiger partial charge in [0.1, 0.15) is 9.84 Å². The molecule has 0 saturated heterocycles. The molecule has 0 aromatic carbocycles. The van der Waals surface area contributed by atoms with Gasteiger partial charge in [0.25, 0.3) is 0 Å². The Kier molecular flexibility index (Phi) is 5.85. The molecule has 0 saturated carbocycles. The van der Waals surface area contributed by atoms with Gasteiger partial charge in [0, 0.05) is 24.9 Å². The number of rotatable bonds is 5. The zero-order chi connectivity index (χ0) is 14.5. The maximum absolute atomic E-state index is 12.2. The number of hydrogen-bond donors (Lipinski definition) is 1. The van der Waals surface area contributed by atoms with E-state index in [0.717, 1.165) is 19.3 Å². The first-order valence-corrected chi connectivity index (χ1v) is 8.81. The highest BCUT2D eigenvalue weighted by atomic mass is 32.2. The van der Waals surface area contributed by atoms with Crippen LogP contribution in [0.1, 0.15) is 33.1 Å². The predicted molar refractivity (Wildman–Crippen MR) is 76.9 cm³/mol. The highest BCUT2D eigenvalue weighted by Crippen LogP contribution is 2.11. The normalized spacial score (nSPS) is 20.9. The number of nitrogens with zero attached hydrogens (tertiary/aromatic N) is 1. The van der Waals surface area contributed by atoms with Gasteiger partial charge >= 0.3 is 6.03 Å². The number of urea groups is 1. The van der Waals surface area contributed by atoms with Crippen LogP contribution < -0.4 is 5.32 Å². The Bertz CT molecular complexity index is 431. The molecule has 110 valence electrons. The number of sulfone groups is 1. The van der Waals surface area contributed by atoms with Crippen molar-refractivity contribution >= 4 is 15.9 Å². The quantitative estimate of drug-likeness (QED) is 0.781. The van der Waals surface area contributed by atoms with Crippen molar-refractivity contribution in [2.24, 2.45) is 0 Å². The van der Waals surface area contributed by atoms with Crippen LogP contribution in [-0.4, -0.2) is 50.0 Å². The molecule has 6 heteroatoms. The number of nitrogens with one attached hydrogen (secondary N) is 1. The molecule has 1 aliphatic rings. The summed E-state index contributed by atoms with van der Waals surface area (Å²) in [5, 5.41) is 2.94. The Morgan fingerprint density at radius 2 is 2.21 bits per heavy atom. The largest absolute Gasteiger partial charge is 0.332 e. The first-order chi connectivity index (χ1) is 8.83. The molecule has 5 nitrogen and oxygen atoms in total. The van der Waals surface area contributed by atoms with Gasteiger partial charge in [0.2, 0.25) is 0 Å². The maximum atomic E-state index is 12.2. The van der Waals surface area contributed by atoms with Gasteiger partial charge in [-0.2, -0.15) is 0 Å². The Labute approximate surface area is 116 Å². The zero-order valence-electron chi connectivity index (χ0n) is 11.9. The Balaban J connectivity index is 2.60. The monoisotopic (exact) mass is 288 g/mol. The van der Waals surface area contributed by atoms with Crippen LogP contribution in [0.15, 0.2) is 12.2 Å². The second-order valence-electron chi connectivity index (χ2n) is 5.14. The highest BCUT2D eigenvalue weighted by molar-refractivity contribution is 7.90.